The minimum absolute atomic E-state index is 0.00580. The molecule has 0 saturated heterocycles. The van der Waals surface area contributed by atoms with E-state index in [1.54, 1.807) is 147 Å². The predicted octanol–water partition coefficient (Wildman–Crippen LogP) is 16.9. The molecule has 2 aliphatic carbocycles. The van der Waals surface area contributed by atoms with Crippen LogP contribution in [0.5, 0.6) is 11.5 Å². The standard InChI is InChI=1S/C36H47F3N2O6.C22H32N2O6.C14H16ClF3/c1-34(2,3)46-32(43)17-18-40(33(44)47-35(4,5)6)22-31(42)41-19-16-26-21-27(13-15-30(26)41)45-23-24-12-14-28(25-10-8-7-9-11-25)29(20-24)36(37,38)39;1-21(2,3)29-19(27)10-11-23(20(28)30-22(4,5)6)14-18(26)24-12-9-15-13-16(25)7-8-17(15)24;15-9-10-6-7-12(11-4-2-1-3-5-11)13(8-10)14(16,17)18/h12-15,20-21,25H,7-11,16-19,22-23H2,1-6H3;7-8,13,25H,9-12,14H2,1-6H3;6-8,11H,1-5,9H2. The van der Waals surface area contributed by atoms with Crippen molar-refractivity contribution in [3.63, 3.8) is 0 Å². The monoisotopic (exact) mass is 1360 g/mol. The number of hydrogen-bond acceptors (Lipinski definition) is 12. The number of alkyl halides is 7. The SMILES string of the molecule is CC(C)(C)OC(=O)CCN(CC(=O)N1CCc2cc(O)ccc21)C(=O)OC(C)(C)C.CC(C)(C)OC(=O)CCN(CC(=O)N1CCc2cc(OCc3ccc(C4CCCCC4)c(C(F)(F)F)c3)ccc21)C(=O)OC(C)(C)C.FC(F)(F)c1cc(CCl)ccc1C1CCCCC1. The molecule has 0 spiro atoms. The Morgan fingerprint density at radius 3 is 1.29 bits per heavy atom. The molecule has 0 unspecified atom stereocenters. The fourth-order valence-corrected chi connectivity index (χ4v) is 12.0. The van der Waals surface area contributed by atoms with E-state index in [9.17, 15) is 60.2 Å². The topological polar surface area (TPSA) is 182 Å². The van der Waals surface area contributed by atoms with E-state index >= 15 is 0 Å². The molecule has 2 saturated carbocycles. The van der Waals surface area contributed by atoms with Crippen molar-refractivity contribution in [3.05, 3.63) is 117 Å². The molecule has 0 aromatic heterocycles. The van der Waals surface area contributed by atoms with Crippen LogP contribution >= 0.6 is 11.6 Å². The van der Waals surface area contributed by atoms with Gasteiger partial charge in [-0.1, -0.05) is 62.8 Å². The molecular formula is C72H95ClF6N4O12. The van der Waals surface area contributed by atoms with E-state index in [4.69, 9.17) is 35.3 Å². The minimum Gasteiger partial charge on any atom is -0.508 e. The Morgan fingerprint density at radius 1 is 0.505 bits per heavy atom. The largest absolute Gasteiger partial charge is 0.508 e. The molecule has 4 aliphatic rings. The number of amides is 4. The van der Waals surface area contributed by atoms with Crippen molar-refractivity contribution in [3.8, 4) is 11.5 Å². The predicted molar refractivity (Wildman–Crippen MR) is 352 cm³/mol. The number of carbonyl (C=O) groups excluding carboxylic acids is 6. The van der Waals surface area contributed by atoms with Gasteiger partial charge in [0, 0.05) is 43.4 Å². The zero-order valence-electron chi connectivity index (χ0n) is 57.0. The smallest absolute Gasteiger partial charge is 0.416 e. The van der Waals surface area contributed by atoms with Gasteiger partial charge in [0.1, 0.15) is 53.6 Å². The Bertz CT molecular complexity index is 3300. The van der Waals surface area contributed by atoms with E-state index in [2.05, 4.69) is 0 Å². The van der Waals surface area contributed by atoms with Gasteiger partial charge in [-0.2, -0.15) is 26.3 Å². The number of benzene rings is 4. The first-order chi connectivity index (χ1) is 44.2. The Morgan fingerprint density at radius 2 is 0.895 bits per heavy atom. The molecule has 0 radical (unpaired) electrons. The number of carbonyl (C=O) groups is 6. The molecule has 95 heavy (non-hydrogen) atoms. The summed E-state index contributed by atoms with van der Waals surface area (Å²) in [6, 6.07) is 19.1. The van der Waals surface area contributed by atoms with E-state index < -0.39 is 70.0 Å². The Kier molecular flexibility index (Phi) is 26.4. The highest BCUT2D eigenvalue weighted by molar-refractivity contribution is 6.17. The lowest BCUT2D eigenvalue weighted by Crippen LogP contribution is -2.45. The number of anilines is 2. The number of ether oxygens (including phenoxy) is 5. The lowest BCUT2D eigenvalue weighted by molar-refractivity contribution is -0.156. The third-order valence-corrected chi connectivity index (χ3v) is 16.3. The van der Waals surface area contributed by atoms with E-state index in [0.29, 0.717) is 65.3 Å². The number of halogens is 7. The second-order valence-corrected chi connectivity index (χ2v) is 28.9. The first-order valence-electron chi connectivity index (χ1n) is 32.7. The summed E-state index contributed by atoms with van der Waals surface area (Å²) in [7, 11) is 0. The van der Waals surface area contributed by atoms with Gasteiger partial charge in [-0.25, -0.2) is 9.59 Å². The molecule has 2 fully saturated rings. The summed E-state index contributed by atoms with van der Waals surface area (Å²) in [6.45, 7) is 21.2. The molecule has 4 aromatic rings. The van der Waals surface area contributed by atoms with E-state index in [1.807, 2.05) is 0 Å². The number of fused-ring (bicyclic) bond motifs is 2. The lowest BCUT2D eigenvalue weighted by Gasteiger charge is -2.29. The van der Waals surface area contributed by atoms with Gasteiger partial charge < -0.3 is 38.6 Å². The lowest BCUT2D eigenvalue weighted by atomic mass is 9.81. The molecule has 23 heteroatoms. The zero-order valence-corrected chi connectivity index (χ0v) is 57.8. The van der Waals surface area contributed by atoms with Crippen LogP contribution in [0.15, 0.2) is 72.8 Å². The maximum Gasteiger partial charge on any atom is 0.416 e. The first kappa shape index (κ1) is 76.8. The molecule has 0 bridgehead atoms. The van der Waals surface area contributed by atoms with Gasteiger partial charge in [-0.15, -0.1) is 11.6 Å². The number of phenolic OH excluding ortho intramolecular Hbond substituents is 1. The molecule has 524 valence electrons. The van der Waals surface area contributed by atoms with Crippen molar-refractivity contribution in [1.29, 1.82) is 0 Å². The number of esters is 2. The molecule has 4 aromatic carbocycles. The molecule has 0 atom stereocenters. The molecule has 2 heterocycles. The van der Waals surface area contributed by atoms with E-state index in [1.165, 1.54) is 28.0 Å². The van der Waals surface area contributed by atoms with Gasteiger partial charge in [0.25, 0.3) is 0 Å². The summed E-state index contributed by atoms with van der Waals surface area (Å²) in [6.07, 6.45) is 0.351. The maximum atomic E-state index is 14.0. The highest BCUT2D eigenvalue weighted by atomic mass is 35.5. The molecule has 8 rings (SSSR count). The number of hydrogen-bond donors (Lipinski definition) is 1. The van der Waals surface area contributed by atoms with Crippen molar-refractivity contribution in [2.75, 3.05) is 49.1 Å². The van der Waals surface area contributed by atoms with Crippen molar-refractivity contribution in [2.24, 2.45) is 0 Å². The fourth-order valence-electron chi connectivity index (χ4n) is 11.8. The first-order valence-corrected chi connectivity index (χ1v) is 33.2. The Hall–Kier alpha value is -7.23. The third-order valence-electron chi connectivity index (χ3n) is 16.0. The van der Waals surface area contributed by atoms with Crippen LogP contribution in [0, 0.1) is 0 Å². The average molecular weight is 1360 g/mol. The second kappa shape index (κ2) is 32.7. The van der Waals surface area contributed by atoms with Gasteiger partial charge in [0.15, 0.2) is 0 Å². The van der Waals surface area contributed by atoms with Crippen LogP contribution < -0.4 is 14.5 Å². The maximum absolute atomic E-state index is 14.0. The van der Waals surface area contributed by atoms with Gasteiger partial charge in [-0.3, -0.25) is 29.0 Å². The molecule has 16 nitrogen and oxygen atoms in total. The summed E-state index contributed by atoms with van der Waals surface area (Å²) in [5, 5.41) is 9.63. The summed E-state index contributed by atoms with van der Waals surface area (Å²) in [5.41, 5.74) is 0.968. The molecule has 2 aliphatic heterocycles. The summed E-state index contributed by atoms with van der Waals surface area (Å²) < 4.78 is 109. The van der Waals surface area contributed by atoms with E-state index in [0.717, 1.165) is 75.3 Å². The zero-order chi connectivity index (χ0) is 70.4. The van der Waals surface area contributed by atoms with Crippen molar-refractivity contribution >= 4 is 58.9 Å². The fraction of sp³-hybridized carbons (Fsp3) is 0.583. The summed E-state index contributed by atoms with van der Waals surface area (Å²) in [5.74, 6) is -0.837. The van der Waals surface area contributed by atoms with E-state index in [-0.39, 0.29) is 80.9 Å². The number of rotatable bonds is 16. The van der Waals surface area contributed by atoms with Crippen molar-refractivity contribution in [2.45, 2.75) is 232 Å². The molecule has 1 N–H and O–H groups in total. The molecule has 4 amide bonds. The molecular weight excluding hydrogens is 1260 g/mol. The highest BCUT2D eigenvalue weighted by Gasteiger charge is 2.39. The van der Waals surface area contributed by atoms with Gasteiger partial charge in [0.05, 0.1) is 24.0 Å². The van der Waals surface area contributed by atoms with Crippen LogP contribution in [0.3, 0.4) is 0 Å². The number of nitrogens with zero attached hydrogens (tertiary/aromatic N) is 4. The Balaban J connectivity index is 0.000000252. The minimum atomic E-state index is -4.44. The number of phenols is 1. The van der Waals surface area contributed by atoms with Gasteiger partial charge >= 0.3 is 36.5 Å². The van der Waals surface area contributed by atoms with Crippen LogP contribution in [0.4, 0.5) is 47.3 Å². The summed E-state index contributed by atoms with van der Waals surface area (Å²) in [4.78, 5) is 82.0. The van der Waals surface area contributed by atoms with Crippen LogP contribution in [-0.2, 0) is 75.8 Å². The second-order valence-electron chi connectivity index (χ2n) is 28.6. The quantitative estimate of drug-likeness (QED) is 0.0486. The average Bonchev–Trinajstić information content (AvgIpc) is 1.77. The number of aromatic hydroxyl groups is 1. The van der Waals surface area contributed by atoms with Crippen molar-refractivity contribution < 1.29 is 83.9 Å². The third kappa shape index (κ3) is 24.4. The van der Waals surface area contributed by atoms with Gasteiger partial charge in [-0.05, 0) is 215 Å². The summed E-state index contributed by atoms with van der Waals surface area (Å²) >= 11 is 5.62. The van der Waals surface area contributed by atoms with Crippen LogP contribution in [0.25, 0.3) is 0 Å². The van der Waals surface area contributed by atoms with Gasteiger partial charge in [0.2, 0.25) is 11.8 Å². The normalized spacial score (nSPS) is 15.4. The Labute approximate surface area is 560 Å². The van der Waals surface area contributed by atoms with Crippen molar-refractivity contribution in [1.82, 2.24) is 9.80 Å². The van der Waals surface area contributed by atoms with Crippen LogP contribution in [0.1, 0.15) is 216 Å². The van der Waals surface area contributed by atoms with Crippen LogP contribution in [0.2, 0.25) is 0 Å². The van der Waals surface area contributed by atoms with Crippen LogP contribution in [-0.4, -0.2) is 113 Å². The highest BCUT2D eigenvalue weighted by Crippen LogP contribution is 2.43.